The standard InChI is InChI=1S/C21H23N3O2S2/c1-4-17(26-18-12-14(2)10-11-15(18)3)19(25)22-20-23-24-21(28-20)27-13-16-8-6-5-7-9-16/h5-12,17H,4,13H2,1-3H3,(H,22,23,25)/t17-/m1/s1. The van der Waals surface area contributed by atoms with E-state index in [2.05, 4.69) is 27.6 Å². The molecular weight excluding hydrogens is 390 g/mol. The topological polar surface area (TPSA) is 64.1 Å². The fraction of sp³-hybridized carbons (Fsp3) is 0.286. The highest BCUT2D eigenvalue weighted by Gasteiger charge is 2.21. The first-order valence-corrected chi connectivity index (χ1v) is 10.9. The summed E-state index contributed by atoms with van der Waals surface area (Å²) >= 11 is 2.98. The molecule has 0 aliphatic heterocycles. The van der Waals surface area contributed by atoms with E-state index >= 15 is 0 Å². The summed E-state index contributed by atoms with van der Waals surface area (Å²) in [5.41, 5.74) is 3.33. The first kappa shape index (κ1) is 20.4. The molecule has 1 amide bonds. The number of hydrogen-bond acceptors (Lipinski definition) is 6. The van der Waals surface area contributed by atoms with Crippen molar-refractivity contribution in [2.45, 2.75) is 43.4 Å². The van der Waals surface area contributed by atoms with Crippen molar-refractivity contribution in [2.75, 3.05) is 5.32 Å². The van der Waals surface area contributed by atoms with E-state index in [-0.39, 0.29) is 5.91 Å². The van der Waals surface area contributed by atoms with Crippen molar-refractivity contribution in [2.24, 2.45) is 0 Å². The Labute approximate surface area is 173 Å². The summed E-state index contributed by atoms with van der Waals surface area (Å²) in [6, 6.07) is 16.2. The van der Waals surface area contributed by atoms with Gasteiger partial charge >= 0.3 is 0 Å². The van der Waals surface area contributed by atoms with Crippen molar-refractivity contribution in [3.05, 3.63) is 65.2 Å². The first-order valence-electron chi connectivity index (χ1n) is 9.10. The van der Waals surface area contributed by atoms with Crippen LogP contribution in [0.3, 0.4) is 0 Å². The maximum Gasteiger partial charge on any atom is 0.267 e. The Morgan fingerprint density at radius 1 is 1.18 bits per heavy atom. The quantitative estimate of drug-likeness (QED) is 0.404. The monoisotopic (exact) mass is 413 g/mol. The second-order valence-corrected chi connectivity index (χ2v) is 8.62. The van der Waals surface area contributed by atoms with Gasteiger partial charge in [-0.25, -0.2) is 0 Å². The molecule has 28 heavy (non-hydrogen) atoms. The SMILES string of the molecule is CC[C@@H](Oc1cc(C)ccc1C)C(=O)Nc1nnc(SCc2ccccc2)s1. The summed E-state index contributed by atoms with van der Waals surface area (Å²) in [7, 11) is 0. The van der Waals surface area contributed by atoms with Crippen LogP contribution >= 0.6 is 23.1 Å². The van der Waals surface area contributed by atoms with Gasteiger partial charge in [0.2, 0.25) is 5.13 Å². The molecular formula is C21H23N3O2S2. The normalized spacial score (nSPS) is 11.8. The predicted molar refractivity (Wildman–Crippen MR) is 115 cm³/mol. The lowest BCUT2D eigenvalue weighted by atomic mass is 10.1. The zero-order valence-electron chi connectivity index (χ0n) is 16.1. The molecule has 0 bridgehead atoms. The maximum absolute atomic E-state index is 12.6. The molecule has 5 nitrogen and oxygen atoms in total. The fourth-order valence-corrected chi connectivity index (χ4v) is 4.24. The molecule has 3 aromatic rings. The van der Waals surface area contributed by atoms with E-state index < -0.39 is 6.10 Å². The third-order valence-corrected chi connectivity index (χ3v) is 6.16. The number of hydrogen-bond donors (Lipinski definition) is 1. The number of ether oxygens (including phenoxy) is 1. The first-order chi connectivity index (χ1) is 13.5. The lowest BCUT2D eigenvalue weighted by molar-refractivity contribution is -0.122. The Hall–Kier alpha value is -2.38. The number of nitrogens with zero attached hydrogens (tertiary/aromatic N) is 2. The number of carbonyl (C=O) groups is 1. The number of carbonyl (C=O) groups excluding carboxylic acids is 1. The van der Waals surface area contributed by atoms with Gasteiger partial charge in [-0.1, -0.05) is 72.5 Å². The van der Waals surface area contributed by atoms with Gasteiger partial charge in [0.05, 0.1) is 0 Å². The molecule has 0 radical (unpaired) electrons. The minimum atomic E-state index is -0.579. The molecule has 0 aliphatic rings. The molecule has 7 heteroatoms. The molecule has 3 rings (SSSR count). The molecule has 0 aliphatic carbocycles. The molecule has 1 heterocycles. The molecule has 0 unspecified atom stereocenters. The van der Waals surface area contributed by atoms with Gasteiger partial charge in [-0.15, -0.1) is 10.2 Å². The van der Waals surface area contributed by atoms with Gasteiger partial charge in [0.1, 0.15) is 5.75 Å². The molecule has 146 valence electrons. The van der Waals surface area contributed by atoms with E-state index in [1.54, 1.807) is 11.8 Å². The number of anilines is 1. The largest absolute Gasteiger partial charge is 0.480 e. The Balaban J connectivity index is 1.58. The Bertz CT molecular complexity index is 928. The smallest absolute Gasteiger partial charge is 0.267 e. The van der Waals surface area contributed by atoms with E-state index in [1.165, 1.54) is 16.9 Å². The van der Waals surface area contributed by atoms with Crippen molar-refractivity contribution < 1.29 is 9.53 Å². The van der Waals surface area contributed by atoms with Crippen molar-refractivity contribution in [3.8, 4) is 5.75 Å². The summed E-state index contributed by atoms with van der Waals surface area (Å²) in [5.74, 6) is 1.34. The summed E-state index contributed by atoms with van der Waals surface area (Å²) in [6.07, 6.45) is -0.0157. The third kappa shape index (κ3) is 5.56. The zero-order valence-corrected chi connectivity index (χ0v) is 17.8. The van der Waals surface area contributed by atoms with E-state index in [0.717, 1.165) is 27.0 Å². The Kier molecular flexibility index (Phi) is 7.06. The van der Waals surface area contributed by atoms with Crippen LogP contribution in [-0.2, 0) is 10.5 Å². The third-order valence-electron chi connectivity index (χ3n) is 4.12. The number of benzene rings is 2. The lowest BCUT2D eigenvalue weighted by Gasteiger charge is -2.18. The highest BCUT2D eigenvalue weighted by molar-refractivity contribution is 8.00. The van der Waals surface area contributed by atoms with Crippen LogP contribution in [0.4, 0.5) is 5.13 Å². The molecule has 0 saturated heterocycles. The summed E-state index contributed by atoms with van der Waals surface area (Å²) < 4.78 is 6.78. The van der Waals surface area contributed by atoms with Gasteiger partial charge in [-0.3, -0.25) is 10.1 Å². The molecule has 0 fully saturated rings. The highest BCUT2D eigenvalue weighted by atomic mass is 32.2. The molecule has 1 N–H and O–H groups in total. The summed E-state index contributed by atoms with van der Waals surface area (Å²) in [4.78, 5) is 12.6. The Morgan fingerprint density at radius 3 is 2.71 bits per heavy atom. The van der Waals surface area contributed by atoms with E-state index in [0.29, 0.717) is 11.6 Å². The average molecular weight is 414 g/mol. The van der Waals surface area contributed by atoms with Gasteiger partial charge in [-0.2, -0.15) is 0 Å². The van der Waals surface area contributed by atoms with Gasteiger partial charge in [0.15, 0.2) is 10.4 Å². The molecule has 1 aromatic heterocycles. The van der Waals surface area contributed by atoms with E-state index in [1.807, 2.05) is 57.2 Å². The maximum atomic E-state index is 12.6. The number of nitrogens with one attached hydrogen (secondary N) is 1. The van der Waals surface area contributed by atoms with Gasteiger partial charge in [0, 0.05) is 5.75 Å². The van der Waals surface area contributed by atoms with Crippen molar-refractivity contribution in [1.29, 1.82) is 0 Å². The number of rotatable bonds is 8. The van der Waals surface area contributed by atoms with Crippen LogP contribution in [0.25, 0.3) is 0 Å². The van der Waals surface area contributed by atoms with Gasteiger partial charge in [-0.05, 0) is 43.0 Å². The van der Waals surface area contributed by atoms with Crippen LogP contribution in [0.5, 0.6) is 5.75 Å². The van der Waals surface area contributed by atoms with Crippen LogP contribution in [0.1, 0.15) is 30.0 Å². The second kappa shape index (κ2) is 9.71. The second-order valence-electron chi connectivity index (χ2n) is 6.42. The predicted octanol–water partition coefficient (Wildman–Crippen LogP) is 5.24. The highest BCUT2D eigenvalue weighted by Crippen LogP contribution is 2.28. The molecule has 1 atom stereocenters. The number of thioether (sulfide) groups is 1. The van der Waals surface area contributed by atoms with Crippen LogP contribution in [-0.4, -0.2) is 22.2 Å². The number of aromatic nitrogens is 2. The Morgan fingerprint density at radius 2 is 1.96 bits per heavy atom. The zero-order chi connectivity index (χ0) is 19.9. The van der Waals surface area contributed by atoms with Crippen molar-refractivity contribution >= 4 is 34.1 Å². The van der Waals surface area contributed by atoms with Crippen LogP contribution < -0.4 is 10.1 Å². The van der Waals surface area contributed by atoms with Crippen LogP contribution in [0, 0.1) is 13.8 Å². The lowest BCUT2D eigenvalue weighted by Crippen LogP contribution is -2.32. The number of aryl methyl sites for hydroxylation is 2. The summed E-state index contributed by atoms with van der Waals surface area (Å²) in [6.45, 7) is 5.90. The van der Waals surface area contributed by atoms with Crippen LogP contribution in [0.2, 0.25) is 0 Å². The van der Waals surface area contributed by atoms with E-state index in [9.17, 15) is 4.79 Å². The summed E-state index contributed by atoms with van der Waals surface area (Å²) in [5, 5.41) is 11.6. The minimum absolute atomic E-state index is 0.209. The minimum Gasteiger partial charge on any atom is -0.480 e. The van der Waals surface area contributed by atoms with Gasteiger partial charge < -0.3 is 4.74 Å². The van der Waals surface area contributed by atoms with E-state index in [4.69, 9.17) is 4.74 Å². The molecule has 2 aromatic carbocycles. The van der Waals surface area contributed by atoms with Crippen molar-refractivity contribution in [1.82, 2.24) is 10.2 Å². The molecule has 0 spiro atoms. The fourth-order valence-electron chi connectivity index (χ4n) is 2.53. The number of amides is 1. The molecule has 0 saturated carbocycles. The van der Waals surface area contributed by atoms with Crippen LogP contribution in [0.15, 0.2) is 52.9 Å². The van der Waals surface area contributed by atoms with Gasteiger partial charge in [0.25, 0.3) is 5.91 Å². The van der Waals surface area contributed by atoms with Crippen molar-refractivity contribution in [3.63, 3.8) is 0 Å². The average Bonchev–Trinajstić information content (AvgIpc) is 3.15.